The second-order valence-corrected chi connectivity index (χ2v) is 4.63. The number of rotatable bonds is 5. The van der Waals surface area contributed by atoms with E-state index in [9.17, 15) is 14.5 Å². The van der Waals surface area contributed by atoms with Gasteiger partial charge in [0.1, 0.15) is 0 Å². The molecule has 0 amide bonds. The maximum atomic E-state index is 13.8. The maximum Gasteiger partial charge on any atom is 0.305 e. The van der Waals surface area contributed by atoms with Crippen molar-refractivity contribution in [2.45, 2.75) is 31.9 Å². The standard InChI is InChI=1S/C13H17FN2O3/c14-13-10(4-3-6-12(13)16(17)18)8-15-9-11-5-1-2-7-19-11/h3-4,6,11,15H,1-2,5,7-9H2. The van der Waals surface area contributed by atoms with Crippen LogP contribution in [-0.2, 0) is 11.3 Å². The van der Waals surface area contributed by atoms with E-state index in [4.69, 9.17) is 4.74 Å². The fourth-order valence-electron chi connectivity index (χ4n) is 2.18. The van der Waals surface area contributed by atoms with Gasteiger partial charge < -0.3 is 10.1 Å². The molecule has 1 heterocycles. The number of hydrogen-bond donors (Lipinski definition) is 1. The summed E-state index contributed by atoms with van der Waals surface area (Å²) in [6.07, 6.45) is 3.41. The molecule has 1 aliphatic heterocycles. The summed E-state index contributed by atoms with van der Waals surface area (Å²) in [6.45, 7) is 1.69. The molecule has 1 atom stereocenters. The zero-order valence-electron chi connectivity index (χ0n) is 10.6. The summed E-state index contributed by atoms with van der Waals surface area (Å²) in [4.78, 5) is 9.91. The van der Waals surface area contributed by atoms with E-state index < -0.39 is 16.4 Å². The van der Waals surface area contributed by atoms with Gasteiger partial charge in [0.25, 0.3) is 0 Å². The Bertz CT molecular complexity index is 448. The van der Waals surface area contributed by atoms with Crippen molar-refractivity contribution >= 4 is 5.69 Å². The van der Waals surface area contributed by atoms with Gasteiger partial charge in [0, 0.05) is 31.3 Å². The van der Waals surface area contributed by atoms with Crippen LogP contribution in [0, 0.1) is 15.9 Å². The summed E-state index contributed by atoms with van der Waals surface area (Å²) in [5.74, 6) is -0.760. The second-order valence-electron chi connectivity index (χ2n) is 4.63. The highest BCUT2D eigenvalue weighted by atomic mass is 19.1. The average molecular weight is 268 g/mol. The molecule has 1 N–H and O–H groups in total. The first-order valence-electron chi connectivity index (χ1n) is 6.42. The Kier molecular flexibility index (Phi) is 4.81. The Hall–Kier alpha value is -1.53. The minimum Gasteiger partial charge on any atom is -0.377 e. The van der Waals surface area contributed by atoms with Gasteiger partial charge in [-0.3, -0.25) is 10.1 Å². The molecule has 1 aliphatic rings. The molecule has 5 nitrogen and oxygen atoms in total. The number of nitrogens with zero attached hydrogens (tertiary/aromatic N) is 1. The maximum absolute atomic E-state index is 13.8. The van der Waals surface area contributed by atoms with Crippen molar-refractivity contribution in [3.8, 4) is 0 Å². The van der Waals surface area contributed by atoms with Crippen LogP contribution in [0.4, 0.5) is 10.1 Å². The van der Waals surface area contributed by atoms with E-state index in [1.54, 1.807) is 6.07 Å². The molecule has 0 bridgehead atoms. The van der Waals surface area contributed by atoms with E-state index in [1.165, 1.54) is 12.1 Å². The van der Waals surface area contributed by atoms with Crippen LogP contribution in [0.25, 0.3) is 0 Å². The van der Waals surface area contributed by atoms with Gasteiger partial charge in [-0.2, -0.15) is 4.39 Å². The summed E-state index contributed by atoms with van der Waals surface area (Å²) < 4.78 is 19.3. The molecule has 2 rings (SSSR count). The predicted molar refractivity (Wildman–Crippen MR) is 68.4 cm³/mol. The molecule has 0 saturated carbocycles. The highest BCUT2D eigenvalue weighted by Crippen LogP contribution is 2.20. The first kappa shape index (κ1) is 13.9. The Labute approximate surface area is 110 Å². The second kappa shape index (κ2) is 6.58. The van der Waals surface area contributed by atoms with E-state index in [0.717, 1.165) is 25.9 Å². The van der Waals surface area contributed by atoms with Crippen molar-refractivity contribution in [2.75, 3.05) is 13.2 Å². The van der Waals surface area contributed by atoms with Crippen LogP contribution in [0.1, 0.15) is 24.8 Å². The minimum atomic E-state index is -0.760. The number of nitro benzene ring substituents is 1. The quantitative estimate of drug-likeness (QED) is 0.658. The zero-order valence-corrected chi connectivity index (χ0v) is 10.6. The molecule has 0 aliphatic carbocycles. The van der Waals surface area contributed by atoms with Gasteiger partial charge in [0.2, 0.25) is 5.82 Å². The third-order valence-electron chi connectivity index (χ3n) is 3.22. The zero-order chi connectivity index (χ0) is 13.7. The molecular weight excluding hydrogens is 251 g/mol. The predicted octanol–water partition coefficient (Wildman–Crippen LogP) is 2.39. The van der Waals surface area contributed by atoms with Gasteiger partial charge in [-0.25, -0.2) is 0 Å². The van der Waals surface area contributed by atoms with E-state index in [-0.39, 0.29) is 12.6 Å². The lowest BCUT2D eigenvalue weighted by Gasteiger charge is -2.22. The lowest BCUT2D eigenvalue weighted by Crippen LogP contribution is -2.31. The van der Waals surface area contributed by atoms with Crippen LogP contribution in [0.3, 0.4) is 0 Å². The van der Waals surface area contributed by atoms with Gasteiger partial charge in [0.05, 0.1) is 11.0 Å². The fraction of sp³-hybridized carbons (Fsp3) is 0.538. The lowest BCUT2D eigenvalue weighted by molar-refractivity contribution is -0.387. The first-order valence-corrected chi connectivity index (χ1v) is 6.42. The molecule has 1 aromatic carbocycles. The number of nitro groups is 1. The normalized spacial score (nSPS) is 19.3. The summed E-state index contributed by atoms with van der Waals surface area (Å²) in [5.41, 5.74) is -0.168. The van der Waals surface area contributed by atoms with Crippen molar-refractivity contribution in [1.82, 2.24) is 5.32 Å². The van der Waals surface area contributed by atoms with Crippen LogP contribution >= 0.6 is 0 Å². The highest BCUT2D eigenvalue weighted by molar-refractivity contribution is 5.36. The van der Waals surface area contributed by atoms with Crippen molar-refractivity contribution in [2.24, 2.45) is 0 Å². The van der Waals surface area contributed by atoms with Gasteiger partial charge in [-0.15, -0.1) is 0 Å². The van der Waals surface area contributed by atoms with Crippen molar-refractivity contribution < 1.29 is 14.1 Å². The molecule has 0 spiro atoms. The first-order chi connectivity index (χ1) is 9.18. The Morgan fingerprint density at radius 3 is 3.00 bits per heavy atom. The highest BCUT2D eigenvalue weighted by Gasteiger charge is 2.17. The topological polar surface area (TPSA) is 64.4 Å². The molecule has 0 aromatic heterocycles. The van der Waals surface area contributed by atoms with Gasteiger partial charge in [-0.1, -0.05) is 12.1 Å². The van der Waals surface area contributed by atoms with Crippen molar-refractivity contribution in [3.63, 3.8) is 0 Å². The Morgan fingerprint density at radius 2 is 2.32 bits per heavy atom. The molecule has 1 saturated heterocycles. The average Bonchev–Trinajstić information content (AvgIpc) is 2.41. The molecule has 1 fully saturated rings. The summed E-state index contributed by atoms with van der Waals surface area (Å²) in [5, 5.41) is 13.7. The lowest BCUT2D eigenvalue weighted by atomic mass is 10.1. The minimum absolute atomic E-state index is 0.163. The molecule has 6 heteroatoms. The molecule has 1 aromatic rings. The summed E-state index contributed by atoms with van der Waals surface area (Å²) >= 11 is 0. The Morgan fingerprint density at radius 1 is 1.47 bits per heavy atom. The van der Waals surface area contributed by atoms with Gasteiger partial charge >= 0.3 is 5.69 Å². The molecule has 104 valence electrons. The molecule has 19 heavy (non-hydrogen) atoms. The number of benzene rings is 1. The van der Waals surface area contributed by atoms with E-state index in [2.05, 4.69) is 5.32 Å². The Balaban J connectivity index is 1.88. The van der Waals surface area contributed by atoms with Gasteiger partial charge in [-0.05, 0) is 19.3 Å². The third kappa shape index (κ3) is 3.71. The summed E-state index contributed by atoms with van der Waals surface area (Å²) in [7, 11) is 0. The smallest absolute Gasteiger partial charge is 0.305 e. The van der Waals surface area contributed by atoms with Gasteiger partial charge in [0.15, 0.2) is 0 Å². The molecule has 1 unspecified atom stereocenters. The molecule has 0 radical (unpaired) electrons. The fourth-order valence-corrected chi connectivity index (χ4v) is 2.18. The van der Waals surface area contributed by atoms with E-state index in [1.807, 2.05) is 0 Å². The summed E-state index contributed by atoms with van der Waals surface area (Å²) in [6, 6.07) is 4.22. The largest absolute Gasteiger partial charge is 0.377 e. The van der Waals surface area contributed by atoms with E-state index in [0.29, 0.717) is 12.1 Å². The van der Waals surface area contributed by atoms with Crippen LogP contribution in [0.2, 0.25) is 0 Å². The number of halogens is 1. The van der Waals surface area contributed by atoms with Crippen molar-refractivity contribution in [1.29, 1.82) is 0 Å². The monoisotopic (exact) mass is 268 g/mol. The van der Waals surface area contributed by atoms with Crippen LogP contribution < -0.4 is 5.32 Å². The van der Waals surface area contributed by atoms with E-state index >= 15 is 0 Å². The molecular formula is C13H17FN2O3. The third-order valence-corrected chi connectivity index (χ3v) is 3.22. The van der Waals surface area contributed by atoms with Crippen molar-refractivity contribution in [3.05, 3.63) is 39.7 Å². The van der Waals surface area contributed by atoms with Crippen LogP contribution in [0.15, 0.2) is 18.2 Å². The van der Waals surface area contributed by atoms with Crippen LogP contribution in [-0.4, -0.2) is 24.2 Å². The number of hydrogen-bond acceptors (Lipinski definition) is 4. The van der Waals surface area contributed by atoms with Crippen LogP contribution in [0.5, 0.6) is 0 Å². The SMILES string of the molecule is O=[N+]([O-])c1cccc(CNCC2CCCCO2)c1F. The number of nitrogens with one attached hydrogen (secondary N) is 1. The number of ether oxygens (including phenoxy) is 1.